The molecule has 0 saturated heterocycles. The van der Waals surface area contributed by atoms with Gasteiger partial charge in [0, 0.05) is 23.0 Å². The highest BCUT2D eigenvalue weighted by Gasteiger charge is 2.23. The van der Waals surface area contributed by atoms with Crippen molar-refractivity contribution in [2.24, 2.45) is 20.5 Å². The van der Waals surface area contributed by atoms with E-state index in [0.29, 0.717) is 12.1 Å². The van der Waals surface area contributed by atoms with Crippen LogP contribution in [-0.2, 0) is 43.6 Å². The predicted molar refractivity (Wildman–Crippen MR) is 206 cm³/mol. The number of hydrogen-bond acceptors (Lipinski definition) is 21. The third-order valence-corrected chi connectivity index (χ3v) is 11.3. The summed E-state index contributed by atoms with van der Waals surface area (Å²) in [5, 5.41) is 31.8. The third kappa shape index (κ3) is 11.7. The first-order valence-corrected chi connectivity index (χ1v) is 21.1. The molecule has 0 radical (unpaired) electrons. The minimum atomic E-state index is -5.10. The van der Waals surface area contributed by atoms with Gasteiger partial charge in [0.05, 0.1) is 34.3 Å². The number of nitrogens with zero attached hydrogens (tertiary/aromatic N) is 6. The van der Waals surface area contributed by atoms with Crippen molar-refractivity contribution in [3.63, 3.8) is 0 Å². The molecule has 0 bridgehead atoms. The summed E-state index contributed by atoms with van der Waals surface area (Å²) in [5.41, 5.74) is 9.67. The molecule has 4 aromatic carbocycles. The van der Waals surface area contributed by atoms with E-state index in [9.17, 15) is 47.9 Å². The molecule has 0 spiro atoms. The Balaban J connectivity index is 1.36. The number of benzene rings is 4. The molecule has 60 heavy (non-hydrogen) atoms. The molecular formula is C31H26F2N10O13S4. The van der Waals surface area contributed by atoms with Gasteiger partial charge in [-0.3, -0.25) is 18.1 Å². The van der Waals surface area contributed by atoms with Crippen LogP contribution < -0.4 is 22.1 Å². The zero-order valence-electron chi connectivity index (χ0n) is 29.6. The lowest BCUT2D eigenvalue weighted by Crippen LogP contribution is -2.13. The summed E-state index contributed by atoms with van der Waals surface area (Å²) in [4.78, 5) is 17.2. The van der Waals surface area contributed by atoms with E-state index in [1.165, 1.54) is 48.5 Å². The molecule has 0 aliphatic rings. The van der Waals surface area contributed by atoms with E-state index in [4.69, 9.17) is 20.9 Å². The first-order valence-electron chi connectivity index (χ1n) is 15.9. The second-order valence-electron chi connectivity index (χ2n) is 11.4. The van der Waals surface area contributed by atoms with Crippen molar-refractivity contribution in [3.8, 4) is 0 Å². The SMILES string of the molecule is Nc1c(N=Nc2cc(Nc3cc(F)nc(F)n3)ccc2S(=O)(=O)O)cc(S(=O)(=O)O)c(N)c1N=Nc1ccc(C(=O)Nc2ccc(S(=O)(=O)CCOSOOO)cc2)cc1. The van der Waals surface area contributed by atoms with Crippen LogP contribution in [0.25, 0.3) is 0 Å². The van der Waals surface area contributed by atoms with E-state index >= 15 is 0 Å². The molecule has 0 aliphatic carbocycles. The zero-order valence-corrected chi connectivity index (χ0v) is 32.8. The molecule has 1 heterocycles. The van der Waals surface area contributed by atoms with Crippen LogP contribution in [0.4, 0.5) is 60.1 Å². The molecule has 0 fully saturated rings. The van der Waals surface area contributed by atoms with E-state index in [1.807, 2.05) is 0 Å². The van der Waals surface area contributed by atoms with E-state index in [-0.39, 0.29) is 46.5 Å². The number of carbonyl (C=O) groups is 1. The Kier molecular flexibility index (Phi) is 14.1. The van der Waals surface area contributed by atoms with Crippen molar-refractivity contribution < 1.29 is 66.7 Å². The largest absolute Gasteiger partial charge is 0.396 e. The molecule has 0 atom stereocenters. The van der Waals surface area contributed by atoms with Gasteiger partial charge in [-0.1, -0.05) is 5.04 Å². The zero-order chi connectivity index (χ0) is 43.8. The summed E-state index contributed by atoms with van der Waals surface area (Å²) in [6.07, 6.45) is -1.42. The van der Waals surface area contributed by atoms with Gasteiger partial charge in [0.15, 0.2) is 22.2 Å². The minimum Gasteiger partial charge on any atom is -0.396 e. The van der Waals surface area contributed by atoms with Crippen molar-refractivity contribution in [3.05, 3.63) is 96.5 Å². The van der Waals surface area contributed by atoms with E-state index in [1.54, 1.807) is 0 Å². The molecular weight excluding hydrogens is 887 g/mol. The minimum absolute atomic E-state index is 0.0644. The Morgan fingerprint density at radius 2 is 1.42 bits per heavy atom. The maximum absolute atomic E-state index is 13.6. The fraction of sp³-hybridized carbons (Fsp3) is 0.0645. The van der Waals surface area contributed by atoms with Crippen LogP contribution in [0.5, 0.6) is 0 Å². The van der Waals surface area contributed by atoms with Gasteiger partial charge >= 0.3 is 6.08 Å². The molecule has 1 aromatic heterocycles. The summed E-state index contributed by atoms with van der Waals surface area (Å²) in [5.74, 6) is -2.66. The fourth-order valence-electron chi connectivity index (χ4n) is 4.73. The number of nitrogen functional groups attached to an aromatic ring is 2. The van der Waals surface area contributed by atoms with Gasteiger partial charge in [0.25, 0.3) is 26.1 Å². The summed E-state index contributed by atoms with van der Waals surface area (Å²) >= 11 is 0.226. The topological polar surface area (TPSA) is 359 Å². The smallest absolute Gasteiger partial charge is 0.313 e. The monoisotopic (exact) mass is 912 g/mol. The molecule has 29 heteroatoms. The molecule has 0 aliphatic heterocycles. The average Bonchev–Trinajstić information content (AvgIpc) is 3.16. The highest BCUT2D eigenvalue weighted by molar-refractivity contribution is 7.91. The van der Waals surface area contributed by atoms with Crippen LogP contribution in [0, 0.1) is 12.0 Å². The van der Waals surface area contributed by atoms with Gasteiger partial charge < -0.3 is 22.1 Å². The second kappa shape index (κ2) is 18.8. The number of anilines is 5. The molecule has 0 unspecified atom stereocenters. The standard InChI is InChI=1S/C31H26F2N10O13S4/c32-25-15-26(39-31(33)38-25)36-19-7-10-23(59(48,49)50)21(13-19)41-42-22-14-24(60(51,52)53)28(35)29(27(22)34)43-40-18-3-1-16(2-4-18)30(44)37-17-5-8-20(9-6-17)58(46,47)12-11-54-57-56-55-45/h1-10,13-15,45H,11-12,34-35H2,(H,37,44)(H,36,38,39)(H,48,49,50)(H,51,52,53). The van der Waals surface area contributed by atoms with Crippen molar-refractivity contribution in [1.82, 2.24) is 9.97 Å². The lowest BCUT2D eigenvalue weighted by molar-refractivity contribution is -0.434. The summed E-state index contributed by atoms with van der Waals surface area (Å²) in [6, 6.07) is 14.9. The van der Waals surface area contributed by atoms with Gasteiger partial charge in [-0.25, -0.2) is 13.7 Å². The number of carbonyl (C=O) groups excluding carboxylic acids is 1. The number of nitrogens with two attached hydrogens (primary N) is 2. The van der Waals surface area contributed by atoms with Crippen molar-refractivity contribution >= 4 is 99.6 Å². The van der Waals surface area contributed by atoms with Crippen LogP contribution in [0.3, 0.4) is 0 Å². The quantitative estimate of drug-likeness (QED) is 0.00645. The summed E-state index contributed by atoms with van der Waals surface area (Å²) in [7, 11) is -13.9. The average molecular weight is 913 g/mol. The Morgan fingerprint density at radius 1 is 0.767 bits per heavy atom. The molecule has 1 amide bonds. The number of sulfone groups is 1. The first kappa shape index (κ1) is 44.9. The van der Waals surface area contributed by atoms with Crippen molar-refractivity contribution in [2.45, 2.75) is 14.7 Å². The van der Waals surface area contributed by atoms with Gasteiger partial charge in [0.2, 0.25) is 5.95 Å². The van der Waals surface area contributed by atoms with Gasteiger partial charge in [0.1, 0.15) is 32.7 Å². The maximum Gasteiger partial charge on any atom is 0.313 e. The molecule has 9 N–H and O–H groups in total. The highest BCUT2D eigenvalue weighted by atomic mass is 32.2. The second-order valence-corrected chi connectivity index (χ2v) is 16.8. The van der Waals surface area contributed by atoms with Gasteiger partial charge in [-0.15, -0.1) is 19.7 Å². The van der Waals surface area contributed by atoms with Crippen molar-refractivity contribution in [2.75, 3.05) is 34.5 Å². The molecule has 0 saturated carbocycles. The summed E-state index contributed by atoms with van der Waals surface area (Å²) in [6.45, 7) is -0.294. The lowest BCUT2D eigenvalue weighted by Gasteiger charge is -2.11. The third-order valence-electron chi connectivity index (χ3n) is 7.45. The molecule has 5 aromatic rings. The van der Waals surface area contributed by atoms with Gasteiger partial charge in [-0.2, -0.15) is 40.7 Å². The number of hydrogen-bond donors (Lipinski definition) is 7. The van der Waals surface area contributed by atoms with Crippen LogP contribution in [0.1, 0.15) is 10.4 Å². The first-order chi connectivity index (χ1) is 28.2. The number of halogens is 2. The van der Waals surface area contributed by atoms with Crippen LogP contribution in [0.2, 0.25) is 0 Å². The van der Waals surface area contributed by atoms with Crippen LogP contribution >= 0.6 is 12.3 Å². The normalized spacial score (nSPS) is 12.3. The fourth-order valence-corrected chi connectivity index (χ4v) is 7.38. The Morgan fingerprint density at radius 3 is 2.05 bits per heavy atom. The van der Waals surface area contributed by atoms with Gasteiger partial charge in [-0.05, 0) is 72.8 Å². The predicted octanol–water partition coefficient (Wildman–Crippen LogP) is 6.01. The van der Waals surface area contributed by atoms with E-state index in [0.717, 1.165) is 18.2 Å². The summed E-state index contributed by atoms with van der Waals surface area (Å²) < 4.78 is 129. The number of nitrogens with one attached hydrogen (secondary N) is 2. The Labute approximate surface area is 341 Å². The molecule has 316 valence electrons. The lowest BCUT2D eigenvalue weighted by atomic mass is 10.2. The number of azo groups is 2. The number of aromatic nitrogens is 2. The highest BCUT2D eigenvalue weighted by Crippen LogP contribution is 2.43. The number of rotatable bonds is 17. The van der Waals surface area contributed by atoms with Crippen molar-refractivity contribution in [1.29, 1.82) is 0 Å². The molecule has 5 rings (SSSR count). The van der Waals surface area contributed by atoms with Crippen LogP contribution in [0.15, 0.2) is 114 Å². The Bertz CT molecular complexity index is 2800. The maximum atomic E-state index is 13.6. The van der Waals surface area contributed by atoms with E-state index < -0.39 is 97.8 Å². The van der Waals surface area contributed by atoms with Crippen LogP contribution in [-0.4, -0.2) is 67.9 Å². The number of amides is 1. The Hall–Kier alpha value is -6.15. The van der Waals surface area contributed by atoms with E-state index in [2.05, 4.69) is 50.4 Å². The molecule has 23 nitrogen and oxygen atoms in total.